The molecule has 0 spiro atoms. The molecule has 0 N–H and O–H groups in total. The Kier molecular flexibility index (Phi) is 2.99. The van der Waals surface area contributed by atoms with E-state index in [9.17, 15) is 4.79 Å². The summed E-state index contributed by atoms with van der Waals surface area (Å²) in [5.74, 6) is -0.0905. The number of aromatic nitrogens is 1. The number of ether oxygens (including phenoxy) is 1. The first-order chi connectivity index (χ1) is 7.27. The van der Waals surface area contributed by atoms with E-state index in [0.29, 0.717) is 16.3 Å². The number of esters is 1. The van der Waals surface area contributed by atoms with Crippen LogP contribution in [0.5, 0.6) is 5.75 Å². The van der Waals surface area contributed by atoms with Gasteiger partial charge in [-0.2, -0.15) is 11.3 Å². The van der Waals surface area contributed by atoms with Gasteiger partial charge >= 0.3 is 5.97 Å². The van der Waals surface area contributed by atoms with Crippen molar-refractivity contribution in [1.29, 1.82) is 0 Å². The molecule has 15 heavy (non-hydrogen) atoms. The van der Waals surface area contributed by atoms with Gasteiger partial charge in [-0.1, -0.05) is 11.6 Å². The molecule has 0 aliphatic rings. The number of carbonyl (C=O) groups excluding carboxylic acids is 1. The van der Waals surface area contributed by atoms with E-state index in [0.717, 1.165) is 0 Å². The van der Waals surface area contributed by atoms with Crippen molar-refractivity contribution in [3.05, 3.63) is 45.9 Å². The lowest BCUT2D eigenvalue weighted by Crippen LogP contribution is -2.07. The topological polar surface area (TPSA) is 39.2 Å². The molecule has 0 aliphatic heterocycles. The summed E-state index contributed by atoms with van der Waals surface area (Å²) in [5, 5.41) is 3.85. The second-order valence-electron chi connectivity index (χ2n) is 2.71. The summed E-state index contributed by atoms with van der Waals surface area (Å²) < 4.78 is 5.09. The first-order valence-corrected chi connectivity index (χ1v) is 5.43. The Bertz CT molecular complexity index is 470. The molecule has 0 unspecified atom stereocenters. The third-order valence-corrected chi connectivity index (χ3v) is 2.66. The summed E-state index contributed by atoms with van der Waals surface area (Å²) in [6.07, 6.45) is 2.94. The predicted molar refractivity (Wildman–Crippen MR) is 58.5 cm³/mol. The predicted octanol–water partition coefficient (Wildman–Crippen LogP) is 3.02. The molecule has 0 amide bonds. The van der Waals surface area contributed by atoms with Crippen molar-refractivity contribution in [2.75, 3.05) is 0 Å². The standard InChI is InChI=1S/C10H6ClNO2S/c11-8-5-12-3-1-9(8)14-10(13)7-2-4-15-6-7/h1-6H. The Morgan fingerprint density at radius 1 is 1.47 bits per heavy atom. The molecule has 0 atom stereocenters. The smallest absolute Gasteiger partial charge is 0.344 e. The van der Waals surface area contributed by atoms with E-state index in [2.05, 4.69) is 4.98 Å². The molecule has 76 valence electrons. The van der Waals surface area contributed by atoms with Crippen LogP contribution < -0.4 is 4.74 Å². The van der Waals surface area contributed by atoms with Gasteiger partial charge in [0.25, 0.3) is 0 Å². The summed E-state index contributed by atoms with van der Waals surface area (Å²) in [6, 6.07) is 3.24. The van der Waals surface area contributed by atoms with Crippen LogP contribution >= 0.6 is 22.9 Å². The van der Waals surface area contributed by atoms with Gasteiger partial charge in [-0.3, -0.25) is 4.98 Å². The Hall–Kier alpha value is -1.39. The maximum atomic E-state index is 11.5. The van der Waals surface area contributed by atoms with Gasteiger partial charge in [0.2, 0.25) is 0 Å². The molecule has 0 bridgehead atoms. The fourth-order valence-electron chi connectivity index (χ4n) is 0.985. The Labute approximate surface area is 95.3 Å². The van der Waals surface area contributed by atoms with Crippen molar-refractivity contribution in [2.45, 2.75) is 0 Å². The van der Waals surface area contributed by atoms with E-state index in [1.165, 1.54) is 23.7 Å². The molecular weight excluding hydrogens is 234 g/mol. The Morgan fingerprint density at radius 3 is 3.00 bits per heavy atom. The van der Waals surface area contributed by atoms with Crippen molar-refractivity contribution >= 4 is 28.9 Å². The Balaban J connectivity index is 2.17. The number of rotatable bonds is 2. The van der Waals surface area contributed by atoms with Gasteiger partial charge in [-0.15, -0.1) is 0 Å². The highest BCUT2D eigenvalue weighted by atomic mass is 35.5. The first kappa shape index (κ1) is 10.1. The highest BCUT2D eigenvalue weighted by molar-refractivity contribution is 7.08. The summed E-state index contributed by atoms with van der Waals surface area (Å²) >= 11 is 7.23. The normalized spacial score (nSPS) is 9.93. The number of pyridine rings is 1. The SMILES string of the molecule is O=C(Oc1ccncc1Cl)c1ccsc1. The monoisotopic (exact) mass is 239 g/mol. The highest BCUT2D eigenvalue weighted by Crippen LogP contribution is 2.23. The third-order valence-electron chi connectivity index (χ3n) is 1.69. The van der Waals surface area contributed by atoms with Gasteiger partial charge in [-0.25, -0.2) is 4.79 Å². The molecule has 0 radical (unpaired) electrons. The molecule has 2 aromatic heterocycles. The van der Waals surface area contributed by atoms with E-state index >= 15 is 0 Å². The minimum Gasteiger partial charge on any atom is -0.421 e. The number of hydrogen-bond acceptors (Lipinski definition) is 4. The minimum absolute atomic E-state index is 0.320. The van der Waals surface area contributed by atoms with E-state index in [1.807, 2.05) is 5.38 Å². The molecule has 5 heteroatoms. The lowest BCUT2D eigenvalue weighted by atomic mass is 10.3. The van der Waals surface area contributed by atoms with Gasteiger partial charge in [0.05, 0.1) is 5.56 Å². The van der Waals surface area contributed by atoms with Crippen molar-refractivity contribution in [3.63, 3.8) is 0 Å². The zero-order valence-corrected chi connectivity index (χ0v) is 9.09. The van der Waals surface area contributed by atoms with Crippen LogP contribution in [0, 0.1) is 0 Å². The lowest BCUT2D eigenvalue weighted by molar-refractivity contribution is 0.0735. The van der Waals surface area contributed by atoms with Crippen molar-refractivity contribution in [2.24, 2.45) is 0 Å². The van der Waals surface area contributed by atoms with Gasteiger partial charge in [0, 0.05) is 23.8 Å². The van der Waals surface area contributed by atoms with Gasteiger partial charge in [0.1, 0.15) is 5.02 Å². The molecule has 0 aliphatic carbocycles. The van der Waals surface area contributed by atoms with E-state index in [4.69, 9.17) is 16.3 Å². The number of thiophene rings is 1. The maximum Gasteiger partial charge on any atom is 0.344 e. The van der Waals surface area contributed by atoms with Gasteiger partial charge in [0.15, 0.2) is 5.75 Å². The molecule has 2 aromatic rings. The molecule has 0 fully saturated rings. The first-order valence-electron chi connectivity index (χ1n) is 4.11. The van der Waals surface area contributed by atoms with Crippen molar-refractivity contribution in [1.82, 2.24) is 4.98 Å². The fraction of sp³-hybridized carbons (Fsp3) is 0. The average Bonchev–Trinajstić information content (AvgIpc) is 2.74. The maximum absolute atomic E-state index is 11.5. The summed E-state index contributed by atoms with van der Waals surface area (Å²) in [7, 11) is 0. The van der Waals surface area contributed by atoms with Crippen LogP contribution in [0.25, 0.3) is 0 Å². The molecule has 0 aromatic carbocycles. The Morgan fingerprint density at radius 2 is 2.33 bits per heavy atom. The van der Waals surface area contributed by atoms with Crippen LogP contribution in [0.4, 0.5) is 0 Å². The zero-order valence-electron chi connectivity index (χ0n) is 7.51. The summed E-state index contributed by atoms with van der Waals surface area (Å²) in [5.41, 5.74) is 0.521. The summed E-state index contributed by atoms with van der Waals surface area (Å²) in [4.78, 5) is 15.3. The quantitative estimate of drug-likeness (QED) is 0.757. The third kappa shape index (κ3) is 2.34. The number of carbonyl (C=O) groups is 1. The zero-order chi connectivity index (χ0) is 10.7. The fourth-order valence-corrected chi connectivity index (χ4v) is 1.77. The average molecular weight is 240 g/mol. The van der Waals surface area contributed by atoms with Gasteiger partial charge < -0.3 is 4.74 Å². The van der Waals surface area contributed by atoms with Crippen molar-refractivity contribution < 1.29 is 9.53 Å². The van der Waals surface area contributed by atoms with Crippen LogP contribution in [0.1, 0.15) is 10.4 Å². The summed E-state index contributed by atoms with van der Waals surface area (Å²) in [6.45, 7) is 0. The minimum atomic E-state index is -0.413. The molecule has 3 nitrogen and oxygen atoms in total. The second kappa shape index (κ2) is 4.42. The van der Waals surface area contributed by atoms with E-state index in [-0.39, 0.29) is 0 Å². The highest BCUT2D eigenvalue weighted by Gasteiger charge is 2.10. The molecule has 2 heterocycles. The van der Waals surface area contributed by atoms with Crippen molar-refractivity contribution in [3.8, 4) is 5.75 Å². The number of hydrogen-bond donors (Lipinski definition) is 0. The molecule has 0 saturated carbocycles. The lowest BCUT2D eigenvalue weighted by Gasteiger charge is -2.03. The van der Waals surface area contributed by atoms with Crippen LogP contribution in [-0.4, -0.2) is 11.0 Å². The molecule has 0 saturated heterocycles. The second-order valence-corrected chi connectivity index (χ2v) is 3.89. The van der Waals surface area contributed by atoms with Gasteiger partial charge in [-0.05, 0) is 11.4 Å². The molecule has 2 rings (SSSR count). The largest absolute Gasteiger partial charge is 0.421 e. The van der Waals surface area contributed by atoms with E-state index in [1.54, 1.807) is 17.5 Å². The number of halogens is 1. The van der Waals surface area contributed by atoms with Crippen LogP contribution in [0.3, 0.4) is 0 Å². The van der Waals surface area contributed by atoms with Crippen LogP contribution in [-0.2, 0) is 0 Å². The van der Waals surface area contributed by atoms with E-state index < -0.39 is 5.97 Å². The molecular formula is C10H6ClNO2S. The number of nitrogens with zero attached hydrogens (tertiary/aromatic N) is 1. The van der Waals surface area contributed by atoms with Crippen LogP contribution in [0.15, 0.2) is 35.3 Å². The van der Waals surface area contributed by atoms with Crippen LogP contribution in [0.2, 0.25) is 5.02 Å².